The van der Waals surface area contributed by atoms with Crippen LogP contribution in [0.15, 0.2) is 46.9 Å². The van der Waals surface area contributed by atoms with Gasteiger partial charge in [0, 0.05) is 11.1 Å². The molecule has 0 amide bonds. The van der Waals surface area contributed by atoms with Gasteiger partial charge in [-0.05, 0) is 42.5 Å². The Morgan fingerprint density at radius 1 is 1.26 bits per heavy atom. The molecular weight excluding hydrogens is 336 g/mol. The molecule has 1 aromatic carbocycles. The highest BCUT2D eigenvalue weighted by molar-refractivity contribution is 7.19. The van der Waals surface area contributed by atoms with Crippen LogP contribution in [0.3, 0.4) is 0 Å². The normalized spacial score (nSPS) is 10.7. The molecule has 0 saturated heterocycles. The first-order chi connectivity index (χ1) is 11.1. The fourth-order valence-electron chi connectivity index (χ4n) is 2.27. The van der Waals surface area contributed by atoms with Gasteiger partial charge in [-0.1, -0.05) is 11.6 Å². The number of methoxy groups -OCH3 is 1. The number of carboxylic acids is 1. The molecule has 0 aliphatic rings. The molecule has 0 fully saturated rings. The predicted molar refractivity (Wildman–Crippen MR) is 90.4 cm³/mol. The Morgan fingerprint density at radius 3 is 2.57 bits per heavy atom. The van der Waals surface area contributed by atoms with Crippen LogP contribution in [-0.2, 0) is 11.2 Å². The number of benzene rings is 1. The van der Waals surface area contributed by atoms with Gasteiger partial charge in [0.1, 0.15) is 17.3 Å². The summed E-state index contributed by atoms with van der Waals surface area (Å²) in [7, 11) is 1.60. The molecule has 6 heteroatoms. The number of hydrogen-bond donors (Lipinski definition) is 1. The van der Waals surface area contributed by atoms with Gasteiger partial charge in [-0.3, -0.25) is 4.79 Å². The molecule has 2 aromatic heterocycles. The Labute approximate surface area is 141 Å². The topological polar surface area (TPSA) is 59.7 Å². The molecule has 2 heterocycles. The van der Waals surface area contributed by atoms with Crippen LogP contribution in [0.25, 0.3) is 22.0 Å². The van der Waals surface area contributed by atoms with Gasteiger partial charge in [-0.2, -0.15) is 0 Å². The predicted octanol–water partition coefficient (Wildman–Crippen LogP) is 4.96. The van der Waals surface area contributed by atoms with Gasteiger partial charge < -0.3 is 14.3 Å². The van der Waals surface area contributed by atoms with Gasteiger partial charge in [-0.15, -0.1) is 11.3 Å². The number of rotatable bonds is 5. The summed E-state index contributed by atoms with van der Waals surface area (Å²) in [4.78, 5) is 11.9. The smallest absolute Gasteiger partial charge is 0.307 e. The van der Waals surface area contributed by atoms with Crippen LogP contribution in [0, 0.1) is 0 Å². The van der Waals surface area contributed by atoms with E-state index in [1.54, 1.807) is 19.2 Å². The number of ether oxygens (including phenoxy) is 1. The largest absolute Gasteiger partial charge is 0.497 e. The van der Waals surface area contributed by atoms with Crippen molar-refractivity contribution in [2.24, 2.45) is 0 Å². The number of furan rings is 1. The summed E-state index contributed by atoms with van der Waals surface area (Å²) in [6.07, 6.45) is -0.107. The van der Waals surface area contributed by atoms with Gasteiger partial charge in [0.15, 0.2) is 0 Å². The summed E-state index contributed by atoms with van der Waals surface area (Å²) < 4.78 is 11.7. The molecule has 0 saturated carbocycles. The number of hydrogen-bond acceptors (Lipinski definition) is 4. The maximum Gasteiger partial charge on any atom is 0.307 e. The second kappa shape index (κ2) is 6.48. The Balaban J connectivity index is 2.04. The molecule has 0 unspecified atom stereocenters. The van der Waals surface area contributed by atoms with Crippen molar-refractivity contribution in [2.45, 2.75) is 6.42 Å². The zero-order valence-corrected chi connectivity index (χ0v) is 13.8. The molecule has 3 rings (SSSR count). The molecule has 0 spiro atoms. The third-order valence-electron chi connectivity index (χ3n) is 3.32. The van der Waals surface area contributed by atoms with Crippen molar-refractivity contribution in [3.05, 3.63) is 52.4 Å². The fraction of sp³-hybridized carbons (Fsp3) is 0.118. The minimum absolute atomic E-state index is 0.107. The Bertz CT molecular complexity index is 833. The molecular formula is C17H13ClO4S. The van der Waals surface area contributed by atoms with Crippen molar-refractivity contribution < 1.29 is 19.1 Å². The van der Waals surface area contributed by atoms with Crippen molar-refractivity contribution in [3.63, 3.8) is 0 Å². The Hall–Kier alpha value is -2.24. The van der Waals surface area contributed by atoms with E-state index in [-0.39, 0.29) is 6.42 Å². The van der Waals surface area contributed by atoms with Crippen LogP contribution in [-0.4, -0.2) is 18.2 Å². The molecule has 0 atom stereocenters. The van der Waals surface area contributed by atoms with E-state index in [0.29, 0.717) is 21.4 Å². The first kappa shape index (κ1) is 15.6. The van der Waals surface area contributed by atoms with Gasteiger partial charge in [0.25, 0.3) is 0 Å². The van der Waals surface area contributed by atoms with Crippen molar-refractivity contribution in [1.82, 2.24) is 0 Å². The third-order valence-corrected chi connectivity index (χ3v) is 4.55. The van der Waals surface area contributed by atoms with Crippen LogP contribution in [0.1, 0.15) is 5.56 Å². The SMILES string of the molecule is COc1ccc(-c2cc(CC(=O)O)c(-c3ccc(Cl)s3)o2)cc1. The monoisotopic (exact) mass is 348 g/mol. The number of carboxylic acid groups (broad SMARTS) is 1. The lowest BCUT2D eigenvalue weighted by molar-refractivity contribution is -0.136. The number of thiophene rings is 1. The zero-order chi connectivity index (χ0) is 16.4. The van der Waals surface area contributed by atoms with Gasteiger partial charge in [0.2, 0.25) is 0 Å². The summed E-state index contributed by atoms with van der Waals surface area (Å²) >= 11 is 7.33. The number of carbonyl (C=O) groups is 1. The summed E-state index contributed by atoms with van der Waals surface area (Å²) in [6, 6.07) is 12.8. The number of halogens is 1. The summed E-state index contributed by atoms with van der Waals surface area (Å²) in [5.41, 5.74) is 1.48. The van der Waals surface area contributed by atoms with Crippen LogP contribution in [0.5, 0.6) is 5.75 Å². The molecule has 0 aliphatic heterocycles. The average Bonchev–Trinajstić information content (AvgIpc) is 3.13. The molecule has 4 nitrogen and oxygen atoms in total. The highest BCUT2D eigenvalue weighted by Gasteiger charge is 2.18. The van der Waals surface area contributed by atoms with E-state index in [0.717, 1.165) is 16.2 Å². The molecule has 3 aromatic rings. The van der Waals surface area contributed by atoms with E-state index in [1.807, 2.05) is 30.3 Å². The minimum atomic E-state index is -0.906. The van der Waals surface area contributed by atoms with Gasteiger partial charge >= 0.3 is 5.97 Å². The van der Waals surface area contributed by atoms with Crippen LogP contribution >= 0.6 is 22.9 Å². The molecule has 0 aliphatic carbocycles. The number of aliphatic carboxylic acids is 1. The van der Waals surface area contributed by atoms with E-state index in [2.05, 4.69) is 0 Å². The van der Waals surface area contributed by atoms with Crippen molar-refractivity contribution in [3.8, 4) is 27.7 Å². The second-order valence-electron chi connectivity index (χ2n) is 4.87. The van der Waals surface area contributed by atoms with Gasteiger partial charge in [0.05, 0.1) is 22.7 Å². The first-order valence-corrected chi connectivity index (χ1v) is 8.01. The lowest BCUT2D eigenvalue weighted by Gasteiger charge is -2.00. The van der Waals surface area contributed by atoms with Gasteiger partial charge in [-0.25, -0.2) is 0 Å². The van der Waals surface area contributed by atoms with E-state index in [4.69, 9.17) is 25.9 Å². The lowest BCUT2D eigenvalue weighted by Crippen LogP contribution is -1.99. The van der Waals surface area contributed by atoms with E-state index < -0.39 is 5.97 Å². The first-order valence-electron chi connectivity index (χ1n) is 6.81. The quantitative estimate of drug-likeness (QED) is 0.707. The van der Waals surface area contributed by atoms with Crippen molar-refractivity contribution in [2.75, 3.05) is 7.11 Å². The highest BCUT2D eigenvalue weighted by Crippen LogP contribution is 2.38. The fourth-order valence-corrected chi connectivity index (χ4v) is 3.33. The summed E-state index contributed by atoms with van der Waals surface area (Å²) in [5, 5.41) is 9.11. The molecule has 23 heavy (non-hydrogen) atoms. The summed E-state index contributed by atoms with van der Waals surface area (Å²) in [5.74, 6) is 1.01. The standard InChI is InChI=1S/C17H13ClO4S/c1-21-12-4-2-10(3-5-12)13-8-11(9-16(19)20)17(22-13)14-6-7-15(18)23-14/h2-8H,9H2,1H3,(H,19,20). The van der Waals surface area contributed by atoms with E-state index in [1.165, 1.54) is 11.3 Å². The van der Waals surface area contributed by atoms with Crippen molar-refractivity contribution in [1.29, 1.82) is 0 Å². The average molecular weight is 349 g/mol. The Kier molecular flexibility index (Phi) is 4.41. The second-order valence-corrected chi connectivity index (χ2v) is 6.58. The van der Waals surface area contributed by atoms with E-state index in [9.17, 15) is 4.79 Å². The van der Waals surface area contributed by atoms with Crippen LogP contribution < -0.4 is 4.74 Å². The lowest BCUT2D eigenvalue weighted by atomic mass is 10.1. The maximum atomic E-state index is 11.1. The van der Waals surface area contributed by atoms with Crippen LogP contribution in [0.4, 0.5) is 0 Å². The highest BCUT2D eigenvalue weighted by atomic mass is 35.5. The third kappa shape index (κ3) is 3.41. The molecule has 1 N–H and O–H groups in total. The summed E-state index contributed by atoms with van der Waals surface area (Å²) in [6.45, 7) is 0. The molecule has 0 bridgehead atoms. The maximum absolute atomic E-state index is 11.1. The van der Waals surface area contributed by atoms with Crippen molar-refractivity contribution >= 4 is 28.9 Å². The van der Waals surface area contributed by atoms with E-state index >= 15 is 0 Å². The Morgan fingerprint density at radius 2 is 2.00 bits per heavy atom. The minimum Gasteiger partial charge on any atom is -0.497 e. The molecule has 0 radical (unpaired) electrons. The molecule has 118 valence electrons. The zero-order valence-electron chi connectivity index (χ0n) is 12.2. The van der Waals surface area contributed by atoms with Crippen LogP contribution in [0.2, 0.25) is 4.34 Å².